The molecule has 4 nitrogen and oxygen atoms in total. The summed E-state index contributed by atoms with van der Waals surface area (Å²) in [7, 11) is 0. The summed E-state index contributed by atoms with van der Waals surface area (Å²) >= 11 is 3.49. The van der Waals surface area contributed by atoms with Crippen molar-refractivity contribution >= 4 is 21.8 Å². The predicted octanol–water partition coefficient (Wildman–Crippen LogP) is 2.80. The van der Waals surface area contributed by atoms with Crippen LogP contribution in [0.4, 0.5) is 0 Å². The first kappa shape index (κ1) is 16.9. The Morgan fingerprint density at radius 3 is 2.57 bits per heavy atom. The van der Waals surface area contributed by atoms with Crippen LogP contribution in [0.15, 0.2) is 28.7 Å². The molecule has 2 aliphatic rings. The fraction of sp³-hybridized carbons (Fsp3) is 0.611. The summed E-state index contributed by atoms with van der Waals surface area (Å²) in [5.41, 5.74) is 1.34. The van der Waals surface area contributed by atoms with E-state index >= 15 is 0 Å². The fourth-order valence-electron chi connectivity index (χ4n) is 3.58. The molecule has 1 aromatic carbocycles. The highest BCUT2D eigenvalue weighted by atomic mass is 79.9. The molecule has 0 saturated carbocycles. The van der Waals surface area contributed by atoms with E-state index in [2.05, 4.69) is 57.3 Å². The normalized spacial score (nSPS) is 23.9. The Labute approximate surface area is 147 Å². The van der Waals surface area contributed by atoms with Crippen molar-refractivity contribution in [3.8, 4) is 0 Å². The van der Waals surface area contributed by atoms with Crippen molar-refractivity contribution in [2.75, 3.05) is 32.7 Å². The lowest BCUT2D eigenvalue weighted by Gasteiger charge is -2.38. The van der Waals surface area contributed by atoms with Crippen LogP contribution in [0.25, 0.3) is 0 Å². The summed E-state index contributed by atoms with van der Waals surface area (Å²) in [6.07, 6.45) is 3.02. The van der Waals surface area contributed by atoms with E-state index < -0.39 is 0 Å². The van der Waals surface area contributed by atoms with Crippen LogP contribution < -0.4 is 5.32 Å². The summed E-state index contributed by atoms with van der Waals surface area (Å²) in [6.45, 7) is 6.95. The molecular weight excluding hydrogens is 354 g/mol. The number of piperazine rings is 1. The van der Waals surface area contributed by atoms with Gasteiger partial charge in [0.1, 0.15) is 0 Å². The summed E-state index contributed by atoms with van der Waals surface area (Å²) in [5, 5.41) is 3.42. The van der Waals surface area contributed by atoms with Gasteiger partial charge in [-0.2, -0.15) is 0 Å². The van der Waals surface area contributed by atoms with Gasteiger partial charge in [-0.25, -0.2) is 0 Å². The van der Waals surface area contributed by atoms with Crippen LogP contribution >= 0.6 is 15.9 Å². The third kappa shape index (κ3) is 4.34. The molecule has 2 aliphatic heterocycles. The summed E-state index contributed by atoms with van der Waals surface area (Å²) in [4.78, 5) is 16.9. The second kappa shape index (κ2) is 7.77. The number of amides is 1. The minimum absolute atomic E-state index is 0.320. The highest BCUT2D eigenvalue weighted by molar-refractivity contribution is 9.10. The highest BCUT2D eigenvalue weighted by Crippen LogP contribution is 2.23. The Morgan fingerprint density at radius 1 is 1.26 bits per heavy atom. The van der Waals surface area contributed by atoms with Crippen LogP contribution in [0.3, 0.4) is 0 Å². The van der Waals surface area contributed by atoms with Crippen LogP contribution in [0.2, 0.25) is 0 Å². The number of nitrogens with one attached hydrogen (secondary N) is 1. The van der Waals surface area contributed by atoms with Gasteiger partial charge in [-0.15, -0.1) is 0 Å². The molecule has 2 fully saturated rings. The number of halogens is 1. The molecule has 23 heavy (non-hydrogen) atoms. The van der Waals surface area contributed by atoms with Gasteiger partial charge in [0.2, 0.25) is 5.91 Å². The van der Waals surface area contributed by atoms with Crippen molar-refractivity contribution in [1.82, 2.24) is 15.1 Å². The van der Waals surface area contributed by atoms with Gasteiger partial charge in [0.25, 0.3) is 0 Å². The Balaban J connectivity index is 1.49. The number of hydrogen-bond acceptors (Lipinski definition) is 3. The largest absolute Gasteiger partial charge is 0.340 e. The van der Waals surface area contributed by atoms with E-state index in [-0.39, 0.29) is 0 Å². The maximum absolute atomic E-state index is 12.4. The van der Waals surface area contributed by atoms with Gasteiger partial charge in [0.05, 0.1) is 0 Å². The molecule has 1 amide bonds. The van der Waals surface area contributed by atoms with Gasteiger partial charge in [0, 0.05) is 49.2 Å². The second-order valence-electron chi connectivity index (χ2n) is 6.64. The second-order valence-corrected chi connectivity index (χ2v) is 7.56. The van der Waals surface area contributed by atoms with Crippen LogP contribution in [-0.2, 0) is 4.79 Å². The van der Waals surface area contributed by atoms with Crippen LogP contribution in [0.1, 0.15) is 37.8 Å². The predicted molar refractivity (Wildman–Crippen MR) is 96.4 cm³/mol. The molecule has 0 radical (unpaired) electrons. The van der Waals surface area contributed by atoms with E-state index in [0.29, 0.717) is 24.4 Å². The molecule has 0 aliphatic carbocycles. The zero-order valence-electron chi connectivity index (χ0n) is 13.8. The molecule has 2 saturated heterocycles. The third-order valence-corrected chi connectivity index (χ3v) is 5.68. The van der Waals surface area contributed by atoms with E-state index in [4.69, 9.17) is 0 Å². The molecule has 0 bridgehead atoms. The van der Waals surface area contributed by atoms with Crippen molar-refractivity contribution in [2.24, 2.45) is 0 Å². The van der Waals surface area contributed by atoms with Gasteiger partial charge < -0.3 is 10.2 Å². The first-order valence-electron chi connectivity index (χ1n) is 8.64. The summed E-state index contributed by atoms with van der Waals surface area (Å²) in [5.74, 6) is 0.320. The summed E-state index contributed by atoms with van der Waals surface area (Å²) in [6, 6.07) is 9.36. The fourth-order valence-corrected chi connectivity index (χ4v) is 3.85. The quantitative estimate of drug-likeness (QED) is 0.873. The monoisotopic (exact) mass is 379 g/mol. The third-order valence-electron chi connectivity index (χ3n) is 5.15. The van der Waals surface area contributed by atoms with E-state index in [9.17, 15) is 4.79 Å². The van der Waals surface area contributed by atoms with E-state index in [1.807, 2.05) is 4.90 Å². The number of carbonyl (C=O) groups is 1. The standard InChI is InChI=1S/C18H26BrN3O/c1-14(15-4-6-16(19)7-5-15)21-9-11-22(12-10-21)18(23)13-17-3-2-8-20-17/h4-7,14,17,20H,2-3,8-13H2,1H3. The molecule has 2 unspecified atom stereocenters. The first-order valence-corrected chi connectivity index (χ1v) is 9.43. The lowest BCUT2D eigenvalue weighted by atomic mass is 10.1. The smallest absolute Gasteiger partial charge is 0.224 e. The van der Waals surface area contributed by atoms with E-state index in [0.717, 1.165) is 43.6 Å². The zero-order chi connectivity index (χ0) is 16.2. The number of carbonyl (C=O) groups excluding carboxylic acids is 1. The number of nitrogens with zero attached hydrogens (tertiary/aromatic N) is 2. The average Bonchev–Trinajstić information content (AvgIpc) is 3.08. The lowest BCUT2D eigenvalue weighted by molar-refractivity contribution is -0.133. The maximum atomic E-state index is 12.4. The Hall–Kier alpha value is -0.910. The van der Waals surface area contributed by atoms with Gasteiger partial charge in [-0.05, 0) is 44.0 Å². The van der Waals surface area contributed by atoms with Gasteiger partial charge in [0.15, 0.2) is 0 Å². The van der Waals surface area contributed by atoms with Crippen LogP contribution in [-0.4, -0.2) is 54.5 Å². The molecule has 2 heterocycles. The van der Waals surface area contributed by atoms with Crippen molar-refractivity contribution in [3.63, 3.8) is 0 Å². The molecular formula is C18H26BrN3O. The zero-order valence-corrected chi connectivity index (χ0v) is 15.4. The molecule has 2 atom stereocenters. The number of benzene rings is 1. The SMILES string of the molecule is CC(c1ccc(Br)cc1)N1CCN(C(=O)CC2CCCN2)CC1. The lowest BCUT2D eigenvalue weighted by Crippen LogP contribution is -2.50. The van der Waals surface area contributed by atoms with Gasteiger partial charge >= 0.3 is 0 Å². The summed E-state index contributed by atoms with van der Waals surface area (Å²) < 4.78 is 1.12. The van der Waals surface area contributed by atoms with Gasteiger partial charge in [-0.1, -0.05) is 28.1 Å². The minimum atomic E-state index is 0.320. The van der Waals surface area contributed by atoms with Crippen molar-refractivity contribution < 1.29 is 4.79 Å². The van der Waals surface area contributed by atoms with E-state index in [1.165, 1.54) is 12.0 Å². The Bertz CT molecular complexity index is 520. The molecule has 0 aromatic heterocycles. The number of hydrogen-bond donors (Lipinski definition) is 1. The molecule has 126 valence electrons. The first-order chi connectivity index (χ1) is 11.1. The van der Waals surface area contributed by atoms with Crippen molar-refractivity contribution in [3.05, 3.63) is 34.3 Å². The highest BCUT2D eigenvalue weighted by Gasteiger charge is 2.26. The Kier molecular flexibility index (Phi) is 5.72. The molecule has 3 rings (SSSR count). The maximum Gasteiger partial charge on any atom is 0.224 e. The molecule has 5 heteroatoms. The van der Waals surface area contributed by atoms with Crippen molar-refractivity contribution in [2.45, 2.75) is 38.3 Å². The van der Waals surface area contributed by atoms with Crippen molar-refractivity contribution in [1.29, 1.82) is 0 Å². The minimum Gasteiger partial charge on any atom is -0.340 e. The Morgan fingerprint density at radius 2 is 1.96 bits per heavy atom. The molecule has 1 N–H and O–H groups in total. The average molecular weight is 380 g/mol. The number of rotatable bonds is 4. The van der Waals surface area contributed by atoms with E-state index in [1.54, 1.807) is 0 Å². The van der Waals surface area contributed by atoms with Gasteiger partial charge in [-0.3, -0.25) is 9.69 Å². The molecule has 0 spiro atoms. The van der Waals surface area contributed by atoms with Crippen LogP contribution in [0.5, 0.6) is 0 Å². The topological polar surface area (TPSA) is 35.6 Å². The van der Waals surface area contributed by atoms with Crippen LogP contribution in [0, 0.1) is 0 Å². The molecule has 1 aromatic rings.